The number of nitrogens with two attached hydrogens (primary N) is 1. The summed E-state index contributed by atoms with van der Waals surface area (Å²) in [6, 6.07) is 0.655. The van der Waals surface area contributed by atoms with Crippen molar-refractivity contribution in [3.8, 4) is 0 Å². The highest BCUT2D eigenvalue weighted by atomic mass is 35.5. The fraction of sp³-hybridized carbons (Fsp3) is 0.500. The molecule has 5 heteroatoms. The van der Waals surface area contributed by atoms with Crippen molar-refractivity contribution < 1.29 is 0 Å². The summed E-state index contributed by atoms with van der Waals surface area (Å²) >= 11 is 0. The van der Waals surface area contributed by atoms with E-state index in [1.54, 1.807) is 6.20 Å². The smallest absolute Gasteiger partial charge is 0.0719 e. The molecule has 1 aliphatic carbocycles. The van der Waals surface area contributed by atoms with Crippen LogP contribution in [-0.4, -0.2) is 9.78 Å². The molecule has 64 valence electrons. The van der Waals surface area contributed by atoms with Gasteiger partial charge in [-0.15, -0.1) is 24.8 Å². The van der Waals surface area contributed by atoms with Crippen LogP contribution in [0.25, 0.3) is 0 Å². The van der Waals surface area contributed by atoms with Crippen LogP contribution in [0.1, 0.15) is 18.9 Å². The minimum Gasteiger partial charge on any atom is -0.396 e. The van der Waals surface area contributed by atoms with Crippen molar-refractivity contribution in [3.05, 3.63) is 12.4 Å². The molecule has 0 aromatic carbocycles. The number of halogens is 2. The third-order valence-electron chi connectivity index (χ3n) is 1.54. The molecule has 1 fully saturated rings. The number of nitrogen functional groups attached to an aromatic ring is 1. The normalized spacial score (nSPS) is 14.9. The molecule has 0 radical (unpaired) electrons. The first-order valence-electron chi connectivity index (χ1n) is 3.16. The van der Waals surface area contributed by atoms with Gasteiger partial charge in [0.2, 0.25) is 0 Å². The lowest BCUT2D eigenvalue weighted by molar-refractivity contribution is 0.642. The minimum atomic E-state index is 0. The standard InChI is InChI=1S/C6H9N3.2ClH/c7-5-3-8-9(4-5)6-1-2-6;;/h3-4,6H,1-2,7H2;2*1H. The van der Waals surface area contributed by atoms with Gasteiger partial charge in [-0.25, -0.2) is 0 Å². The van der Waals surface area contributed by atoms with E-state index in [2.05, 4.69) is 5.10 Å². The zero-order valence-electron chi connectivity index (χ0n) is 5.93. The maximum Gasteiger partial charge on any atom is 0.0719 e. The van der Waals surface area contributed by atoms with Gasteiger partial charge in [-0.2, -0.15) is 5.10 Å². The van der Waals surface area contributed by atoms with E-state index in [1.165, 1.54) is 12.8 Å². The second-order valence-electron chi connectivity index (χ2n) is 2.48. The van der Waals surface area contributed by atoms with Gasteiger partial charge in [0.1, 0.15) is 0 Å². The number of hydrogen-bond donors (Lipinski definition) is 1. The summed E-state index contributed by atoms with van der Waals surface area (Å²) < 4.78 is 1.94. The number of rotatable bonds is 1. The highest BCUT2D eigenvalue weighted by Gasteiger charge is 2.23. The highest BCUT2D eigenvalue weighted by Crippen LogP contribution is 2.34. The molecule has 2 N–H and O–H groups in total. The first-order valence-corrected chi connectivity index (χ1v) is 3.16. The molecule has 0 bridgehead atoms. The molecule has 1 aromatic rings. The van der Waals surface area contributed by atoms with Crippen LogP contribution in [0.15, 0.2) is 12.4 Å². The van der Waals surface area contributed by atoms with Crippen LogP contribution in [0.5, 0.6) is 0 Å². The molecule has 0 aliphatic heterocycles. The second-order valence-corrected chi connectivity index (χ2v) is 2.48. The molecular formula is C6H11Cl2N3. The highest BCUT2D eigenvalue weighted by molar-refractivity contribution is 5.85. The summed E-state index contributed by atoms with van der Waals surface area (Å²) in [5, 5.41) is 4.07. The van der Waals surface area contributed by atoms with E-state index in [1.807, 2.05) is 10.9 Å². The second kappa shape index (κ2) is 3.83. The number of hydrogen-bond acceptors (Lipinski definition) is 2. The molecule has 0 unspecified atom stereocenters. The first kappa shape index (κ1) is 10.6. The summed E-state index contributed by atoms with van der Waals surface area (Å²) in [6.45, 7) is 0. The van der Waals surface area contributed by atoms with E-state index >= 15 is 0 Å². The maximum absolute atomic E-state index is 5.46. The van der Waals surface area contributed by atoms with Crippen LogP contribution >= 0.6 is 24.8 Å². The van der Waals surface area contributed by atoms with E-state index in [4.69, 9.17) is 5.73 Å². The Morgan fingerprint density at radius 2 is 2.09 bits per heavy atom. The third-order valence-corrected chi connectivity index (χ3v) is 1.54. The summed E-state index contributed by atoms with van der Waals surface area (Å²) in [6.07, 6.45) is 6.11. The quantitative estimate of drug-likeness (QED) is 0.741. The zero-order valence-corrected chi connectivity index (χ0v) is 7.57. The number of anilines is 1. The Kier molecular flexibility index (Phi) is 3.69. The average Bonchev–Trinajstić information content (AvgIpc) is 2.58. The van der Waals surface area contributed by atoms with Gasteiger partial charge in [0.25, 0.3) is 0 Å². The molecule has 0 amide bonds. The molecule has 2 rings (SSSR count). The van der Waals surface area contributed by atoms with Crippen molar-refractivity contribution in [1.29, 1.82) is 0 Å². The molecule has 1 saturated carbocycles. The van der Waals surface area contributed by atoms with Crippen molar-refractivity contribution in [1.82, 2.24) is 9.78 Å². The topological polar surface area (TPSA) is 43.8 Å². The molecule has 11 heavy (non-hydrogen) atoms. The monoisotopic (exact) mass is 195 g/mol. The van der Waals surface area contributed by atoms with Gasteiger partial charge in [0.05, 0.1) is 17.9 Å². The molecule has 3 nitrogen and oxygen atoms in total. The molecule has 0 saturated heterocycles. The Bertz CT molecular complexity index is 219. The molecule has 1 aliphatic rings. The van der Waals surface area contributed by atoms with Gasteiger partial charge in [-0.1, -0.05) is 0 Å². The third kappa shape index (κ3) is 2.27. The predicted molar refractivity (Wildman–Crippen MR) is 49.4 cm³/mol. The fourth-order valence-corrected chi connectivity index (χ4v) is 0.891. The Balaban J connectivity index is 0.000000500. The Hall–Kier alpha value is -0.410. The van der Waals surface area contributed by atoms with Gasteiger partial charge >= 0.3 is 0 Å². The van der Waals surface area contributed by atoms with Crippen molar-refractivity contribution in [3.63, 3.8) is 0 Å². The molecule has 1 aromatic heterocycles. The van der Waals surface area contributed by atoms with E-state index in [0.717, 1.165) is 5.69 Å². The van der Waals surface area contributed by atoms with Gasteiger partial charge in [0.15, 0.2) is 0 Å². The van der Waals surface area contributed by atoms with Gasteiger partial charge in [0, 0.05) is 6.20 Å². The lowest BCUT2D eigenvalue weighted by Crippen LogP contribution is -1.92. The van der Waals surface area contributed by atoms with E-state index < -0.39 is 0 Å². The maximum atomic E-state index is 5.46. The summed E-state index contributed by atoms with van der Waals surface area (Å²) in [7, 11) is 0. The zero-order chi connectivity index (χ0) is 6.27. The first-order chi connectivity index (χ1) is 4.36. The Morgan fingerprint density at radius 1 is 1.45 bits per heavy atom. The van der Waals surface area contributed by atoms with E-state index in [-0.39, 0.29) is 24.8 Å². The van der Waals surface area contributed by atoms with Crippen LogP contribution in [0.2, 0.25) is 0 Å². The van der Waals surface area contributed by atoms with Crippen LogP contribution in [0.3, 0.4) is 0 Å². The van der Waals surface area contributed by atoms with Crippen molar-refractivity contribution in [2.75, 3.05) is 5.73 Å². The Morgan fingerprint density at radius 3 is 2.45 bits per heavy atom. The molecule has 1 heterocycles. The summed E-state index contributed by atoms with van der Waals surface area (Å²) in [5.41, 5.74) is 6.23. The molecule has 0 atom stereocenters. The van der Waals surface area contributed by atoms with E-state index in [0.29, 0.717) is 6.04 Å². The van der Waals surface area contributed by atoms with Crippen LogP contribution in [0.4, 0.5) is 5.69 Å². The largest absolute Gasteiger partial charge is 0.396 e. The molecular weight excluding hydrogens is 185 g/mol. The SMILES string of the molecule is Cl.Cl.Nc1cnn(C2CC2)c1. The van der Waals surface area contributed by atoms with Crippen LogP contribution in [-0.2, 0) is 0 Å². The van der Waals surface area contributed by atoms with Gasteiger partial charge in [-0.05, 0) is 12.8 Å². The van der Waals surface area contributed by atoms with Crippen LogP contribution in [0, 0.1) is 0 Å². The summed E-state index contributed by atoms with van der Waals surface area (Å²) in [5.74, 6) is 0. The average molecular weight is 196 g/mol. The van der Waals surface area contributed by atoms with Crippen molar-refractivity contribution in [2.24, 2.45) is 0 Å². The van der Waals surface area contributed by atoms with Crippen LogP contribution < -0.4 is 5.73 Å². The van der Waals surface area contributed by atoms with Crippen molar-refractivity contribution in [2.45, 2.75) is 18.9 Å². The van der Waals surface area contributed by atoms with E-state index in [9.17, 15) is 0 Å². The number of nitrogens with zero attached hydrogens (tertiary/aromatic N) is 2. The number of aromatic nitrogens is 2. The fourth-order valence-electron chi connectivity index (χ4n) is 0.891. The lowest BCUT2D eigenvalue weighted by atomic mass is 10.6. The molecule has 0 spiro atoms. The minimum absolute atomic E-state index is 0. The lowest BCUT2D eigenvalue weighted by Gasteiger charge is -1.91. The Labute approximate surface area is 77.8 Å². The predicted octanol–water partition coefficient (Wildman–Crippen LogP) is 1.64. The van der Waals surface area contributed by atoms with Crippen molar-refractivity contribution >= 4 is 30.5 Å². The summed E-state index contributed by atoms with van der Waals surface area (Å²) in [4.78, 5) is 0. The van der Waals surface area contributed by atoms with Gasteiger partial charge < -0.3 is 5.73 Å². The van der Waals surface area contributed by atoms with Gasteiger partial charge in [-0.3, -0.25) is 4.68 Å².